The summed E-state index contributed by atoms with van der Waals surface area (Å²) in [6.45, 7) is 2.38. The molecule has 0 saturated heterocycles. The SMILES string of the molecule is COc1cccc(N(CC(=O)N[C@H](C)c2ccc3c(c2)OCCO3)S(=O)(=O)c2ccccc2)c1. The lowest BCUT2D eigenvalue weighted by Crippen LogP contribution is -2.41. The van der Waals surface area contributed by atoms with Crippen LogP contribution in [0.5, 0.6) is 17.2 Å². The van der Waals surface area contributed by atoms with Gasteiger partial charge in [0.15, 0.2) is 11.5 Å². The molecule has 1 atom stereocenters. The second kappa shape index (κ2) is 10.0. The lowest BCUT2D eigenvalue weighted by molar-refractivity contribution is -0.120. The van der Waals surface area contributed by atoms with Gasteiger partial charge in [0, 0.05) is 6.07 Å². The van der Waals surface area contributed by atoms with Gasteiger partial charge in [-0.3, -0.25) is 9.10 Å². The number of amides is 1. The summed E-state index contributed by atoms with van der Waals surface area (Å²) >= 11 is 0. The van der Waals surface area contributed by atoms with Gasteiger partial charge in [-0.05, 0) is 48.9 Å². The third-order valence-corrected chi connectivity index (χ3v) is 7.19. The van der Waals surface area contributed by atoms with Gasteiger partial charge in [-0.2, -0.15) is 0 Å². The molecule has 0 fully saturated rings. The molecule has 3 aromatic carbocycles. The Kier molecular flexibility index (Phi) is 6.93. The number of sulfonamides is 1. The smallest absolute Gasteiger partial charge is 0.264 e. The van der Waals surface area contributed by atoms with Crippen LogP contribution in [0.1, 0.15) is 18.5 Å². The third kappa shape index (κ3) is 5.09. The largest absolute Gasteiger partial charge is 0.497 e. The van der Waals surface area contributed by atoms with Crippen LogP contribution >= 0.6 is 0 Å². The van der Waals surface area contributed by atoms with Crippen LogP contribution in [-0.4, -0.2) is 41.2 Å². The molecule has 0 aliphatic carbocycles. The van der Waals surface area contributed by atoms with Crippen molar-refractivity contribution in [1.29, 1.82) is 0 Å². The Labute approximate surface area is 199 Å². The van der Waals surface area contributed by atoms with Gasteiger partial charge in [0.05, 0.1) is 23.7 Å². The number of rotatable bonds is 8. The Balaban J connectivity index is 1.58. The molecule has 178 valence electrons. The van der Waals surface area contributed by atoms with Crippen molar-refractivity contribution in [3.05, 3.63) is 78.4 Å². The lowest BCUT2D eigenvalue weighted by atomic mass is 10.1. The van der Waals surface area contributed by atoms with E-state index in [0.717, 1.165) is 9.87 Å². The van der Waals surface area contributed by atoms with E-state index in [1.165, 1.54) is 19.2 Å². The first kappa shape index (κ1) is 23.4. The van der Waals surface area contributed by atoms with E-state index in [1.807, 2.05) is 19.1 Å². The lowest BCUT2D eigenvalue weighted by Gasteiger charge is -2.26. The highest BCUT2D eigenvalue weighted by Gasteiger charge is 2.28. The van der Waals surface area contributed by atoms with E-state index in [9.17, 15) is 13.2 Å². The average Bonchev–Trinajstić information content (AvgIpc) is 2.87. The summed E-state index contributed by atoms with van der Waals surface area (Å²) in [5.41, 5.74) is 1.14. The summed E-state index contributed by atoms with van der Waals surface area (Å²) in [4.78, 5) is 13.1. The number of carbonyl (C=O) groups excluding carboxylic acids is 1. The van der Waals surface area contributed by atoms with Crippen LogP contribution in [0.4, 0.5) is 5.69 Å². The van der Waals surface area contributed by atoms with Crippen molar-refractivity contribution in [1.82, 2.24) is 5.32 Å². The molecule has 1 amide bonds. The van der Waals surface area contributed by atoms with Crippen molar-refractivity contribution in [2.24, 2.45) is 0 Å². The zero-order valence-electron chi connectivity index (χ0n) is 18.9. The maximum Gasteiger partial charge on any atom is 0.264 e. The molecule has 0 unspecified atom stereocenters. The van der Waals surface area contributed by atoms with Crippen molar-refractivity contribution >= 4 is 21.6 Å². The van der Waals surface area contributed by atoms with Crippen LogP contribution in [0.2, 0.25) is 0 Å². The first-order valence-electron chi connectivity index (χ1n) is 10.8. The van der Waals surface area contributed by atoms with Crippen LogP contribution < -0.4 is 23.8 Å². The molecule has 3 aromatic rings. The van der Waals surface area contributed by atoms with Crippen LogP contribution in [0.15, 0.2) is 77.7 Å². The van der Waals surface area contributed by atoms with Gasteiger partial charge in [-0.1, -0.05) is 30.3 Å². The van der Waals surface area contributed by atoms with Crippen molar-refractivity contribution in [2.45, 2.75) is 17.9 Å². The van der Waals surface area contributed by atoms with E-state index in [2.05, 4.69) is 5.32 Å². The number of benzene rings is 3. The standard InChI is InChI=1S/C25H26N2O6S/c1-18(19-11-12-23-24(15-19)33-14-13-32-23)26-25(28)17-27(20-7-6-8-21(16-20)31-2)34(29,30)22-9-4-3-5-10-22/h3-12,15-16,18H,13-14,17H2,1-2H3,(H,26,28)/t18-/m1/s1. The fourth-order valence-corrected chi connectivity index (χ4v) is 5.06. The van der Waals surface area contributed by atoms with Gasteiger partial charge in [0.25, 0.3) is 10.0 Å². The number of nitrogens with zero attached hydrogens (tertiary/aromatic N) is 1. The molecule has 0 radical (unpaired) electrons. The van der Waals surface area contributed by atoms with Gasteiger partial charge in [-0.15, -0.1) is 0 Å². The van der Waals surface area contributed by atoms with Gasteiger partial charge >= 0.3 is 0 Å². The first-order chi connectivity index (χ1) is 16.4. The highest BCUT2D eigenvalue weighted by Crippen LogP contribution is 2.33. The molecule has 1 aliphatic heterocycles. The molecule has 34 heavy (non-hydrogen) atoms. The van der Waals surface area contributed by atoms with Gasteiger partial charge in [0.1, 0.15) is 25.5 Å². The Morgan fingerprint density at radius 1 is 1.00 bits per heavy atom. The third-order valence-electron chi connectivity index (χ3n) is 5.40. The Morgan fingerprint density at radius 3 is 2.47 bits per heavy atom. The van der Waals surface area contributed by atoms with E-state index in [1.54, 1.807) is 48.5 Å². The molecular weight excluding hydrogens is 456 g/mol. The molecule has 0 aromatic heterocycles. The maximum absolute atomic E-state index is 13.5. The molecule has 0 spiro atoms. The number of nitrogens with one attached hydrogen (secondary N) is 1. The predicted octanol–water partition coefficient (Wildman–Crippen LogP) is 3.54. The molecule has 9 heteroatoms. The highest BCUT2D eigenvalue weighted by molar-refractivity contribution is 7.92. The topological polar surface area (TPSA) is 94.2 Å². The Hall–Kier alpha value is -3.72. The number of carbonyl (C=O) groups is 1. The molecule has 0 bridgehead atoms. The molecule has 1 heterocycles. The summed E-state index contributed by atoms with van der Waals surface area (Å²) in [7, 11) is -2.51. The second-order valence-corrected chi connectivity index (χ2v) is 9.58. The maximum atomic E-state index is 13.5. The predicted molar refractivity (Wildman–Crippen MR) is 128 cm³/mol. The molecule has 8 nitrogen and oxygen atoms in total. The van der Waals surface area contributed by atoms with E-state index < -0.39 is 22.5 Å². The summed E-state index contributed by atoms with van der Waals surface area (Å²) in [5.74, 6) is 1.31. The summed E-state index contributed by atoms with van der Waals surface area (Å²) in [6.07, 6.45) is 0. The summed E-state index contributed by atoms with van der Waals surface area (Å²) in [5, 5.41) is 2.88. The minimum Gasteiger partial charge on any atom is -0.497 e. The fraction of sp³-hybridized carbons (Fsp3) is 0.240. The normalized spacial score (nSPS) is 13.6. The molecular formula is C25H26N2O6S. The first-order valence-corrected chi connectivity index (χ1v) is 12.2. The molecule has 1 aliphatic rings. The van der Waals surface area contributed by atoms with Crippen LogP contribution in [0.3, 0.4) is 0 Å². The zero-order valence-corrected chi connectivity index (χ0v) is 19.7. The number of fused-ring (bicyclic) bond motifs is 1. The molecule has 4 rings (SSSR count). The van der Waals surface area contributed by atoms with Crippen molar-refractivity contribution in [3.8, 4) is 17.2 Å². The second-order valence-electron chi connectivity index (χ2n) is 7.72. The van der Waals surface area contributed by atoms with E-state index in [0.29, 0.717) is 36.1 Å². The Bertz CT molecular complexity index is 1260. The minimum absolute atomic E-state index is 0.0884. The Morgan fingerprint density at radius 2 is 1.74 bits per heavy atom. The van der Waals surface area contributed by atoms with E-state index in [4.69, 9.17) is 14.2 Å². The van der Waals surface area contributed by atoms with Crippen molar-refractivity contribution in [3.63, 3.8) is 0 Å². The number of anilines is 1. The fourth-order valence-electron chi connectivity index (χ4n) is 3.63. The quantitative estimate of drug-likeness (QED) is 0.528. The van der Waals surface area contributed by atoms with Gasteiger partial charge in [-0.25, -0.2) is 8.42 Å². The van der Waals surface area contributed by atoms with Gasteiger partial charge in [0.2, 0.25) is 5.91 Å². The number of hydrogen-bond acceptors (Lipinski definition) is 6. The van der Waals surface area contributed by atoms with Crippen LogP contribution in [-0.2, 0) is 14.8 Å². The van der Waals surface area contributed by atoms with E-state index in [-0.39, 0.29) is 10.9 Å². The number of hydrogen-bond donors (Lipinski definition) is 1. The van der Waals surface area contributed by atoms with Crippen molar-refractivity contribution < 1.29 is 27.4 Å². The average molecular weight is 483 g/mol. The number of methoxy groups -OCH3 is 1. The van der Waals surface area contributed by atoms with Gasteiger partial charge < -0.3 is 19.5 Å². The minimum atomic E-state index is -4.01. The number of ether oxygens (including phenoxy) is 3. The van der Waals surface area contributed by atoms with Crippen molar-refractivity contribution in [2.75, 3.05) is 31.2 Å². The molecule has 0 saturated carbocycles. The van der Waals surface area contributed by atoms with Crippen LogP contribution in [0, 0.1) is 0 Å². The highest BCUT2D eigenvalue weighted by atomic mass is 32.2. The van der Waals surface area contributed by atoms with E-state index >= 15 is 0 Å². The monoisotopic (exact) mass is 482 g/mol. The zero-order chi connectivity index (χ0) is 24.1. The summed E-state index contributed by atoms with van der Waals surface area (Å²) in [6, 6.07) is 19.7. The van der Waals surface area contributed by atoms with Crippen LogP contribution in [0.25, 0.3) is 0 Å². The summed E-state index contributed by atoms with van der Waals surface area (Å²) < 4.78 is 44.4. The molecule has 1 N–H and O–H groups in total.